The van der Waals surface area contributed by atoms with E-state index in [1.54, 1.807) is 6.07 Å². The van der Waals surface area contributed by atoms with Gasteiger partial charge in [0.05, 0.1) is 5.52 Å². The number of aromatic nitrogens is 3. The van der Waals surface area contributed by atoms with Gasteiger partial charge in [0.15, 0.2) is 17.3 Å². The molecule has 3 aromatic rings. The van der Waals surface area contributed by atoms with Crippen LogP contribution in [0.2, 0.25) is 0 Å². The van der Waals surface area contributed by atoms with E-state index in [0.29, 0.717) is 0 Å². The van der Waals surface area contributed by atoms with Crippen LogP contribution in [0.3, 0.4) is 0 Å². The number of hydrogen-bond acceptors (Lipinski definition) is 4. The summed E-state index contributed by atoms with van der Waals surface area (Å²) in [5, 5.41) is 19.7. The van der Waals surface area contributed by atoms with E-state index in [4.69, 9.17) is 0 Å². The molecule has 3 N–H and O–H groups in total. The molecule has 1 amide bonds. The molecule has 6 nitrogen and oxygen atoms in total. The first kappa shape index (κ1) is 12.2. The average Bonchev–Trinajstić information content (AvgIpc) is 2.84. The number of nitrogens with one attached hydrogen (secondary N) is 2. The van der Waals surface area contributed by atoms with Gasteiger partial charge in [0.1, 0.15) is 0 Å². The zero-order valence-corrected chi connectivity index (χ0v) is 10.7. The lowest BCUT2D eigenvalue weighted by Crippen LogP contribution is -2.13. The maximum atomic E-state index is 12.2. The second-order valence-corrected chi connectivity index (χ2v) is 4.45. The number of fused-ring (bicyclic) bond motifs is 1. The molecule has 0 saturated carbocycles. The molecule has 100 valence electrons. The Morgan fingerprint density at radius 1 is 1.35 bits per heavy atom. The summed E-state index contributed by atoms with van der Waals surface area (Å²) in [6.07, 6.45) is 1.49. The first-order chi connectivity index (χ1) is 9.65. The van der Waals surface area contributed by atoms with Crippen molar-refractivity contribution >= 4 is 22.6 Å². The smallest absolute Gasteiger partial charge is 0.278 e. The molecule has 1 aromatic carbocycles. The van der Waals surface area contributed by atoms with Gasteiger partial charge < -0.3 is 10.4 Å². The SMILES string of the molecule is Cc1ccc2[nH]nc(C(=O)Nc3ncccc3O)c2c1. The van der Waals surface area contributed by atoms with Crippen molar-refractivity contribution in [1.82, 2.24) is 15.2 Å². The Kier molecular flexibility index (Phi) is 2.83. The molecule has 2 heterocycles. The number of carbonyl (C=O) groups is 1. The van der Waals surface area contributed by atoms with Crippen LogP contribution in [0, 0.1) is 6.92 Å². The quantitative estimate of drug-likeness (QED) is 0.664. The van der Waals surface area contributed by atoms with Gasteiger partial charge in [-0.2, -0.15) is 5.10 Å². The van der Waals surface area contributed by atoms with Crippen molar-refractivity contribution in [1.29, 1.82) is 0 Å². The van der Waals surface area contributed by atoms with Gasteiger partial charge in [0.2, 0.25) is 0 Å². The molecular formula is C14H12N4O2. The highest BCUT2D eigenvalue weighted by Gasteiger charge is 2.16. The Bertz CT molecular complexity index is 795. The van der Waals surface area contributed by atoms with Crippen molar-refractivity contribution in [3.05, 3.63) is 47.8 Å². The third-order valence-corrected chi connectivity index (χ3v) is 2.95. The molecule has 6 heteroatoms. The Morgan fingerprint density at radius 2 is 2.20 bits per heavy atom. The number of aromatic hydroxyl groups is 1. The Labute approximate surface area is 114 Å². The lowest BCUT2D eigenvalue weighted by Gasteiger charge is -2.04. The minimum atomic E-state index is -0.421. The summed E-state index contributed by atoms with van der Waals surface area (Å²) in [6.45, 7) is 1.94. The number of benzene rings is 1. The number of aromatic amines is 1. The van der Waals surface area contributed by atoms with Gasteiger partial charge in [0, 0.05) is 11.6 Å². The zero-order chi connectivity index (χ0) is 14.1. The second kappa shape index (κ2) is 4.65. The average molecular weight is 268 g/mol. The van der Waals surface area contributed by atoms with Crippen LogP contribution in [0.25, 0.3) is 10.9 Å². The number of amides is 1. The normalized spacial score (nSPS) is 10.7. The Balaban J connectivity index is 1.97. The van der Waals surface area contributed by atoms with Crippen molar-refractivity contribution < 1.29 is 9.90 Å². The molecule has 0 spiro atoms. The van der Waals surface area contributed by atoms with Gasteiger partial charge >= 0.3 is 0 Å². The lowest BCUT2D eigenvalue weighted by atomic mass is 10.1. The van der Waals surface area contributed by atoms with Crippen molar-refractivity contribution in [2.45, 2.75) is 6.92 Å². The molecule has 20 heavy (non-hydrogen) atoms. The zero-order valence-electron chi connectivity index (χ0n) is 10.7. The van der Waals surface area contributed by atoms with Crippen molar-refractivity contribution in [2.24, 2.45) is 0 Å². The van der Waals surface area contributed by atoms with Gasteiger partial charge in [0.25, 0.3) is 5.91 Å². The number of hydrogen-bond donors (Lipinski definition) is 3. The van der Waals surface area contributed by atoms with Crippen LogP contribution in [0.15, 0.2) is 36.5 Å². The number of carbonyl (C=O) groups excluding carboxylic acids is 1. The maximum absolute atomic E-state index is 12.2. The number of aryl methyl sites for hydroxylation is 1. The van der Waals surface area contributed by atoms with E-state index in [0.717, 1.165) is 16.5 Å². The molecule has 0 bridgehead atoms. The topological polar surface area (TPSA) is 90.9 Å². The number of anilines is 1. The van der Waals surface area contributed by atoms with Gasteiger partial charge in [-0.15, -0.1) is 0 Å². The lowest BCUT2D eigenvalue weighted by molar-refractivity contribution is 0.102. The first-order valence-electron chi connectivity index (χ1n) is 6.05. The van der Waals surface area contributed by atoms with Crippen LogP contribution >= 0.6 is 0 Å². The van der Waals surface area contributed by atoms with Gasteiger partial charge in [-0.05, 0) is 31.2 Å². The highest BCUT2D eigenvalue weighted by atomic mass is 16.3. The Hall–Kier alpha value is -2.89. The molecule has 0 atom stereocenters. The monoisotopic (exact) mass is 268 g/mol. The van der Waals surface area contributed by atoms with E-state index in [-0.39, 0.29) is 17.3 Å². The molecule has 2 aromatic heterocycles. The van der Waals surface area contributed by atoms with E-state index < -0.39 is 5.91 Å². The van der Waals surface area contributed by atoms with Crippen molar-refractivity contribution in [3.8, 4) is 5.75 Å². The van der Waals surface area contributed by atoms with Crippen LogP contribution < -0.4 is 5.32 Å². The van der Waals surface area contributed by atoms with E-state index in [2.05, 4.69) is 20.5 Å². The molecule has 0 aliphatic rings. The predicted octanol–water partition coefficient (Wildman–Crippen LogP) is 2.22. The molecule has 0 saturated heterocycles. The first-order valence-corrected chi connectivity index (χ1v) is 6.05. The predicted molar refractivity (Wildman–Crippen MR) is 74.7 cm³/mol. The van der Waals surface area contributed by atoms with Crippen LogP contribution in [0.5, 0.6) is 5.75 Å². The number of pyridine rings is 1. The van der Waals surface area contributed by atoms with E-state index in [9.17, 15) is 9.90 Å². The molecule has 3 rings (SSSR count). The second-order valence-electron chi connectivity index (χ2n) is 4.45. The molecule has 0 aliphatic carbocycles. The van der Waals surface area contributed by atoms with Gasteiger partial charge in [-0.25, -0.2) is 4.98 Å². The van der Waals surface area contributed by atoms with Crippen LogP contribution in [-0.4, -0.2) is 26.2 Å². The van der Waals surface area contributed by atoms with Crippen LogP contribution in [-0.2, 0) is 0 Å². The third-order valence-electron chi connectivity index (χ3n) is 2.95. The summed E-state index contributed by atoms with van der Waals surface area (Å²) in [7, 11) is 0. The fraction of sp³-hybridized carbons (Fsp3) is 0.0714. The minimum absolute atomic E-state index is 0.0862. The van der Waals surface area contributed by atoms with Crippen LogP contribution in [0.4, 0.5) is 5.82 Å². The number of nitrogens with zero attached hydrogens (tertiary/aromatic N) is 2. The summed E-state index contributed by atoms with van der Waals surface area (Å²) < 4.78 is 0. The van der Waals surface area contributed by atoms with Crippen molar-refractivity contribution in [3.63, 3.8) is 0 Å². The van der Waals surface area contributed by atoms with Gasteiger partial charge in [-0.3, -0.25) is 9.89 Å². The standard InChI is InChI=1S/C14H12N4O2/c1-8-4-5-10-9(7-8)12(18-17-10)14(20)16-13-11(19)3-2-6-15-13/h2-7,19H,1H3,(H,17,18)(H,15,16,20). The summed E-state index contributed by atoms with van der Waals surface area (Å²) in [5.74, 6) is -0.394. The third kappa shape index (κ3) is 2.07. The number of rotatable bonds is 2. The fourth-order valence-electron chi connectivity index (χ4n) is 1.96. The summed E-state index contributed by atoms with van der Waals surface area (Å²) in [5.41, 5.74) is 2.09. The summed E-state index contributed by atoms with van der Waals surface area (Å²) in [4.78, 5) is 16.1. The van der Waals surface area contributed by atoms with Crippen LogP contribution in [0.1, 0.15) is 16.1 Å². The summed E-state index contributed by atoms with van der Waals surface area (Å²) in [6, 6.07) is 8.72. The molecule has 0 radical (unpaired) electrons. The summed E-state index contributed by atoms with van der Waals surface area (Å²) >= 11 is 0. The van der Waals surface area contributed by atoms with Gasteiger partial charge in [-0.1, -0.05) is 11.6 Å². The molecule has 0 unspecified atom stereocenters. The van der Waals surface area contributed by atoms with E-state index in [1.165, 1.54) is 12.3 Å². The molecular weight excluding hydrogens is 256 g/mol. The van der Waals surface area contributed by atoms with E-state index >= 15 is 0 Å². The highest BCUT2D eigenvalue weighted by Crippen LogP contribution is 2.21. The largest absolute Gasteiger partial charge is 0.504 e. The maximum Gasteiger partial charge on any atom is 0.278 e. The molecule has 0 fully saturated rings. The minimum Gasteiger partial charge on any atom is -0.504 e. The fourth-order valence-corrected chi connectivity index (χ4v) is 1.96. The van der Waals surface area contributed by atoms with Crippen molar-refractivity contribution in [2.75, 3.05) is 5.32 Å². The molecule has 0 aliphatic heterocycles. The highest BCUT2D eigenvalue weighted by molar-refractivity contribution is 6.11. The number of H-pyrrole nitrogens is 1. The Morgan fingerprint density at radius 3 is 3.00 bits per heavy atom. The van der Waals surface area contributed by atoms with E-state index in [1.807, 2.05) is 25.1 Å².